The molecule has 8 aromatic carbocycles. The van der Waals surface area contributed by atoms with Crippen LogP contribution >= 0.6 is 0 Å². The number of fused-ring (bicyclic) bond motifs is 17. The number of hydrogen-bond donors (Lipinski definition) is 0. The Bertz CT molecular complexity index is 3810. The second kappa shape index (κ2) is 15.8. The van der Waals surface area contributed by atoms with Crippen LogP contribution in [0.3, 0.4) is 0 Å². The van der Waals surface area contributed by atoms with E-state index in [-0.39, 0.29) is 26.5 Å². The topological polar surface area (TPSA) is 39.1 Å². The molecule has 0 radical (unpaired) electrons. The van der Waals surface area contributed by atoms with E-state index in [9.17, 15) is 0 Å². The Morgan fingerprint density at radius 2 is 1.21 bits per heavy atom. The third-order valence-corrected chi connectivity index (χ3v) is 13.7. The van der Waals surface area contributed by atoms with E-state index in [0.29, 0.717) is 11.5 Å². The molecule has 8 bridgehead atoms. The van der Waals surface area contributed by atoms with Crippen LogP contribution in [-0.4, -0.2) is 21.1 Å². The molecule has 0 atom stereocenters. The summed E-state index contributed by atoms with van der Waals surface area (Å²) in [5, 5.41) is 2.19. The van der Waals surface area contributed by atoms with Crippen molar-refractivity contribution in [2.45, 2.75) is 40.0 Å². The normalized spacial score (nSPS) is 12.7. The number of hydrogen-bond acceptors (Lipinski definition) is 3. The monoisotopic (exact) mass is 1060 g/mol. The summed E-state index contributed by atoms with van der Waals surface area (Å²) in [6, 6.07) is 70.5. The number of ether oxygens (including phenoxy) is 1. The molecular weight excluding hydrogens is 1010 g/mol. The van der Waals surface area contributed by atoms with Gasteiger partial charge in [0.2, 0.25) is 6.33 Å². The predicted molar refractivity (Wildman–Crippen MR) is 272 cm³/mol. The van der Waals surface area contributed by atoms with Gasteiger partial charge in [-0.15, -0.1) is 29.7 Å². The Labute approximate surface area is 411 Å². The number of pyridine rings is 1. The van der Waals surface area contributed by atoms with Gasteiger partial charge in [0.1, 0.15) is 11.6 Å². The third kappa shape index (κ3) is 6.43. The smallest absolute Gasteiger partial charge is 0.510 e. The van der Waals surface area contributed by atoms with Crippen LogP contribution in [0.15, 0.2) is 176 Å². The van der Waals surface area contributed by atoms with Gasteiger partial charge in [-0.3, -0.25) is 0 Å². The Kier molecular flexibility index (Phi) is 9.76. The molecule has 0 aliphatic carbocycles. The molecule has 0 saturated carbocycles. The summed E-state index contributed by atoms with van der Waals surface area (Å²) >= 11 is 0. The minimum Gasteiger partial charge on any atom is -0.510 e. The first-order chi connectivity index (χ1) is 32.7. The predicted octanol–water partition coefficient (Wildman–Crippen LogP) is 13.2. The van der Waals surface area contributed by atoms with Gasteiger partial charge in [-0.05, 0) is 92.9 Å². The van der Waals surface area contributed by atoms with E-state index < -0.39 is 6.98 Å². The summed E-state index contributed by atoms with van der Waals surface area (Å²) in [4.78, 5) is 8.44. The van der Waals surface area contributed by atoms with Gasteiger partial charge in [0.25, 0.3) is 0 Å². The number of para-hydroxylation sites is 3. The molecule has 11 aromatic rings. The van der Waals surface area contributed by atoms with Gasteiger partial charge < -0.3 is 23.2 Å². The fourth-order valence-corrected chi connectivity index (χ4v) is 10.7. The number of rotatable bonds is 2. The molecule has 68 heavy (non-hydrogen) atoms. The van der Waals surface area contributed by atoms with Crippen molar-refractivity contribution in [3.05, 3.63) is 211 Å². The molecule has 330 valence electrons. The van der Waals surface area contributed by atoms with Crippen LogP contribution in [0.4, 0.5) is 11.5 Å². The molecule has 2 aliphatic heterocycles. The van der Waals surface area contributed by atoms with Gasteiger partial charge in [0.15, 0.2) is 0 Å². The maximum Gasteiger partial charge on any atom is 0.526 e. The van der Waals surface area contributed by atoms with Crippen molar-refractivity contribution < 1.29 is 30.3 Å². The average Bonchev–Trinajstić information content (AvgIpc) is 3.89. The van der Waals surface area contributed by atoms with Crippen molar-refractivity contribution >= 4 is 56.8 Å². The first kappa shape index (κ1) is 41.9. The Morgan fingerprint density at radius 1 is 0.574 bits per heavy atom. The molecule has 5 heterocycles. The van der Waals surface area contributed by atoms with Gasteiger partial charge in [-0.25, -0.2) is 4.98 Å². The molecule has 0 amide bonds. The van der Waals surface area contributed by atoms with E-state index in [0.717, 1.165) is 111 Å². The molecule has 2 aliphatic rings. The van der Waals surface area contributed by atoms with Crippen LogP contribution in [0.1, 0.15) is 37.5 Å². The summed E-state index contributed by atoms with van der Waals surface area (Å²) in [5.74, 6) is 2.78. The number of imidazole rings is 1. The molecule has 3 aromatic heterocycles. The van der Waals surface area contributed by atoms with Crippen molar-refractivity contribution in [1.29, 1.82) is 0 Å². The zero-order valence-corrected chi connectivity index (χ0v) is 40.6. The van der Waals surface area contributed by atoms with E-state index in [1.165, 1.54) is 0 Å². The maximum absolute atomic E-state index is 6.74. The summed E-state index contributed by atoms with van der Waals surface area (Å²) in [5.41, 5.74) is 17.0. The summed E-state index contributed by atoms with van der Waals surface area (Å²) in [7, 11) is 0. The number of anilines is 2. The molecular formula is C60H44BN5OPt-2. The minimum atomic E-state index is -0.538. The van der Waals surface area contributed by atoms with Crippen LogP contribution in [0.25, 0.3) is 77.7 Å². The zero-order valence-electron chi connectivity index (χ0n) is 38.3. The molecule has 8 heteroatoms. The van der Waals surface area contributed by atoms with Crippen molar-refractivity contribution in [1.82, 2.24) is 14.1 Å². The van der Waals surface area contributed by atoms with Crippen LogP contribution in [0.2, 0.25) is 0 Å². The van der Waals surface area contributed by atoms with Crippen molar-refractivity contribution in [2.75, 3.05) is 4.81 Å². The first-order valence-electron chi connectivity index (χ1n) is 23.0. The Hall–Kier alpha value is -7.47. The SMILES string of the molecule is Cc1cccc(C)c1N1B2c3c(-c4ccccc4)cccc3-c3ccccc3-c3cccc4c3[n+]2[c-]n4-c2[c-]c(ccc2)Oc2[c-]c3c(cc2)c2ccccc2n3-c2cc(C(C)(C)C)cc1n2.[Pt]. The second-order valence-corrected chi connectivity index (χ2v) is 18.9. The van der Waals surface area contributed by atoms with Crippen molar-refractivity contribution in [2.24, 2.45) is 0 Å². The third-order valence-electron chi connectivity index (χ3n) is 13.7. The average molecular weight is 1060 g/mol. The van der Waals surface area contributed by atoms with E-state index in [2.05, 4.69) is 229 Å². The fourth-order valence-electron chi connectivity index (χ4n) is 10.7. The minimum absolute atomic E-state index is 0. The number of aromatic nitrogens is 4. The van der Waals surface area contributed by atoms with Crippen molar-refractivity contribution in [3.63, 3.8) is 0 Å². The quantitative estimate of drug-likeness (QED) is 0.128. The first-order valence-corrected chi connectivity index (χ1v) is 23.0. The second-order valence-electron chi connectivity index (χ2n) is 18.9. The van der Waals surface area contributed by atoms with Gasteiger partial charge in [0.05, 0.1) is 11.0 Å². The molecule has 13 rings (SSSR count). The molecule has 6 nitrogen and oxygen atoms in total. The van der Waals surface area contributed by atoms with Gasteiger partial charge >= 0.3 is 6.98 Å². The molecule has 0 N–H and O–H groups in total. The standard InChI is InChI=1S/C60H44BN5O.Pt/c1-38-17-13-18-39(2)58(38)66-56-34-41(60(3,4)5)33-55(62-56)65-52-29-12-11-25-48(52)49-32-31-44(36-54(49)65)67-43-22-14-21-42(35-43)63-37-64-59-51(28-16-30-53(59)63)47-24-10-9-23-46(47)50-27-15-26-45(57(50)61(64)66)40-19-7-6-8-20-40;/h6-34H,1-5H3;/q-2;. The van der Waals surface area contributed by atoms with Crippen molar-refractivity contribution in [3.8, 4) is 56.4 Å². The van der Waals surface area contributed by atoms with Crippen LogP contribution in [-0.2, 0) is 26.5 Å². The largest absolute Gasteiger partial charge is 0.526 e. The van der Waals surface area contributed by atoms with Crippen LogP contribution < -0.4 is 19.5 Å². The summed E-state index contributed by atoms with van der Waals surface area (Å²) in [6.07, 6.45) is 4.04. The summed E-state index contributed by atoms with van der Waals surface area (Å²) < 4.78 is 13.5. The van der Waals surface area contributed by atoms with Gasteiger partial charge in [-0.1, -0.05) is 159 Å². The van der Waals surface area contributed by atoms with Gasteiger partial charge in [0, 0.05) is 49.2 Å². The van der Waals surface area contributed by atoms with Crippen LogP contribution in [0.5, 0.6) is 11.5 Å². The van der Waals surface area contributed by atoms with E-state index in [1.807, 2.05) is 18.2 Å². The number of benzene rings is 8. The van der Waals surface area contributed by atoms with E-state index in [4.69, 9.17) is 9.72 Å². The van der Waals surface area contributed by atoms with Crippen LogP contribution in [0, 0.1) is 32.3 Å². The van der Waals surface area contributed by atoms with Gasteiger partial charge in [-0.2, -0.15) is 18.2 Å². The number of aryl methyl sites for hydroxylation is 2. The van der Waals surface area contributed by atoms with E-state index in [1.54, 1.807) is 0 Å². The Morgan fingerprint density at radius 3 is 2.01 bits per heavy atom. The number of nitrogens with zero attached hydrogens (tertiary/aromatic N) is 5. The molecule has 0 unspecified atom stereocenters. The molecule has 0 fully saturated rings. The van der Waals surface area contributed by atoms with E-state index >= 15 is 0 Å². The Balaban J connectivity index is 0.00000480. The summed E-state index contributed by atoms with van der Waals surface area (Å²) in [6.45, 7) is 10.8. The maximum atomic E-state index is 6.74. The molecule has 0 saturated heterocycles. The molecule has 0 spiro atoms. The zero-order chi connectivity index (χ0) is 45.1. The fraction of sp³-hybridized carbons (Fsp3) is 0.100.